The molecule has 0 radical (unpaired) electrons. The highest BCUT2D eigenvalue weighted by Crippen LogP contribution is 2.20. The fraction of sp³-hybridized carbons (Fsp3) is 0.308. The van der Waals surface area contributed by atoms with E-state index in [4.69, 9.17) is 10.8 Å². The van der Waals surface area contributed by atoms with Gasteiger partial charge in [0.05, 0.1) is 11.0 Å². The number of halogens is 1. The third kappa shape index (κ3) is 5.07. The van der Waals surface area contributed by atoms with E-state index in [-0.39, 0.29) is 12.1 Å². The predicted octanol–water partition coefficient (Wildman–Crippen LogP) is 1.78. The van der Waals surface area contributed by atoms with Crippen molar-refractivity contribution in [2.75, 3.05) is 11.9 Å². The lowest BCUT2D eigenvalue weighted by Crippen LogP contribution is -2.43. The van der Waals surface area contributed by atoms with E-state index >= 15 is 0 Å². The van der Waals surface area contributed by atoms with E-state index in [1.807, 2.05) is 0 Å². The summed E-state index contributed by atoms with van der Waals surface area (Å²) < 4.78 is 0.523. The lowest BCUT2D eigenvalue weighted by atomic mass is 9.93. The molecule has 0 bridgehead atoms. The third-order valence-electron chi connectivity index (χ3n) is 2.76. The number of carboxylic acids is 1. The van der Waals surface area contributed by atoms with Crippen molar-refractivity contribution < 1.29 is 19.5 Å². The molecule has 114 valence electrons. The van der Waals surface area contributed by atoms with E-state index < -0.39 is 23.3 Å². The van der Waals surface area contributed by atoms with E-state index in [1.165, 1.54) is 12.1 Å². The van der Waals surface area contributed by atoms with Gasteiger partial charge < -0.3 is 21.5 Å². The van der Waals surface area contributed by atoms with Crippen molar-refractivity contribution >= 4 is 39.5 Å². The summed E-state index contributed by atoms with van der Waals surface area (Å²) in [5, 5.41) is 13.9. The summed E-state index contributed by atoms with van der Waals surface area (Å²) in [7, 11) is 0. The van der Waals surface area contributed by atoms with Crippen LogP contribution in [0.1, 0.15) is 24.2 Å². The van der Waals surface area contributed by atoms with Gasteiger partial charge in [-0.2, -0.15) is 0 Å². The van der Waals surface area contributed by atoms with E-state index in [0.717, 1.165) is 0 Å². The number of benzene rings is 1. The summed E-state index contributed by atoms with van der Waals surface area (Å²) in [5.74, 6) is -1.63. The van der Waals surface area contributed by atoms with Gasteiger partial charge in [0.25, 0.3) is 0 Å². The number of nitrogens with two attached hydrogens (primary N) is 1. The van der Waals surface area contributed by atoms with Crippen LogP contribution in [0.3, 0.4) is 0 Å². The number of urea groups is 1. The Morgan fingerprint density at radius 2 is 1.90 bits per heavy atom. The zero-order valence-corrected chi connectivity index (χ0v) is 13.2. The van der Waals surface area contributed by atoms with Crippen LogP contribution in [0.5, 0.6) is 0 Å². The molecule has 5 N–H and O–H groups in total. The SMILES string of the molecule is CC(C)(CNC(=O)Nc1cc(Br)cc(C(=O)O)c1)C(N)=O. The number of aromatic carboxylic acids is 1. The van der Waals surface area contributed by atoms with E-state index in [2.05, 4.69) is 26.6 Å². The lowest BCUT2D eigenvalue weighted by molar-refractivity contribution is -0.125. The van der Waals surface area contributed by atoms with Crippen LogP contribution in [0.25, 0.3) is 0 Å². The zero-order valence-electron chi connectivity index (χ0n) is 11.6. The van der Waals surface area contributed by atoms with Gasteiger partial charge in [0.2, 0.25) is 5.91 Å². The number of anilines is 1. The second kappa shape index (κ2) is 6.57. The number of primary amides is 1. The van der Waals surface area contributed by atoms with Gasteiger partial charge in [-0.15, -0.1) is 0 Å². The molecule has 0 spiro atoms. The summed E-state index contributed by atoms with van der Waals surface area (Å²) in [5.41, 5.74) is 4.68. The topological polar surface area (TPSA) is 122 Å². The molecule has 0 aliphatic carbocycles. The molecule has 0 unspecified atom stereocenters. The number of amides is 3. The van der Waals surface area contributed by atoms with Crippen molar-refractivity contribution in [3.63, 3.8) is 0 Å². The van der Waals surface area contributed by atoms with Gasteiger partial charge in [0, 0.05) is 16.7 Å². The number of hydrogen-bond donors (Lipinski definition) is 4. The second-order valence-corrected chi connectivity index (χ2v) is 6.01. The Morgan fingerprint density at radius 1 is 1.29 bits per heavy atom. The fourth-order valence-corrected chi connectivity index (χ4v) is 1.84. The molecular weight excluding hydrogens is 342 g/mol. The lowest BCUT2D eigenvalue weighted by Gasteiger charge is -2.20. The minimum Gasteiger partial charge on any atom is -0.478 e. The van der Waals surface area contributed by atoms with E-state index in [0.29, 0.717) is 10.2 Å². The van der Waals surface area contributed by atoms with Crippen LogP contribution < -0.4 is 16.4 Å². The molecule has 0 aliphatic heterocycles. The first-order valence-electron chi connectivity index (χ1n) is 6.00. The maximum atomic E-state index is 11.7. The molecule has 3 amide bonds. The molecule has 1 aromatic rings. The first kappa shape index (κ1) is 17.0. The Hall–Kier alpha value is -2.09. The predicted molar refractivity (Wildman–Crippen MR) is 81.1 cm³/mol. The van der Waals surface area contributed by atoms with Crippen LogP contribution in [-0.4, -0.2) is 29.6 Å². The third-order valence-corrected chi connectivity index (χ3v) is 3.22. The highest BCUT2D eigenvalue weighted by atomic mass is 79.9. The van der Waals surface area contributed by atoms with Crippen molar-refractivity contribution in [3.8, 4) is 0 Å². The number of carboxylic acid groups (broad SMARTS) is 1. The van der Waals surface area contributed by atoms with Gasteiger partial charge >= 0.3 is 12.0 Å². The Morgan fingerprint density at radius 3 is 2.43 bits per heavy atom. The van der Waals surface area contributed by atoms with Crippen LogP contribution in [0.4, 0.5) is 10.5 Å². The van der Waals surface area contributed by atoms with E-state index in [1.54, 1.807) is 19.9 Å². The van der Waals surface area contributed by atoms with Gasteiger partial charge in [-0.1, -0.05) is 15.9 Å². The Balaban J connectivity index is 2.71. The van der Waals surface area contributed by atoms with E-state index in [9.17, 15) is 14.4 Å². The molecule has 8 heteroatoms. The van der Waals surface area contributed by atoms with Crippen LogP contribution in [-0.2, 0) is 4.79 Å². The van der Waals surface area contributed by atoms with Gasteiger partial charge in [0.15, 0.2) is 0 Å². The molecule has 0 fully saturated rings. The van der Waals surface area contributed by atoms with Crippen LogP contribution in [0.2, 0.25) is 0 Å². The Kier molecular flexibility index (Phi) is 5.31. The van der Waals surface area contributed by atoms with Crippen LogP contribution in [0.15, 0.2) is 22.7 Å². The molecular formula is C13H16BrN3O4. The van der Waals surface area contributed by atoms with Gasteiger partial charge in [-0.05, 0) is 32.0 Å². The molecule has 7 nitrogen and oxygen atoms in total. The van der Waals surface area contributed by atoms with Crippen molar-refractivity contribution in [2.45, 2.75) is 13.8 Å². The molecule has 0 heterocycles. The summed E-state index contributed by atoms with van der Waals surface area (Å²) in [6, 6.07) is 3.75. The maximum Gasteiger partial charge on any atom is 0.335 e. The number of carbonyl (C=O) groups is 3. The molecule has 1 rings (SSSR count). The van der Waals surface area contributed by atoms with Gasteiger partial charge in [-0.3, -0.25) is 4.79 Å². The fourth-order valence-electron chi connectivity index (χ4n) is 1.35. The van der Waals surface area contributed by atoms with Crippen LogP contribution >= 0.6 is 15.9 Å². The molecule has 0 aliphatic rings. The average molecular weight is 358 g/mol. The first-order chi connectivity index (χ1) is 9.61. The number of nitrogens with one attached hydrogen (secondary N) is 2. The van der Waals surface area contributed by atoms with Crippen molar-refractivity contribution in [3.05, 3.63) is 28.2 Å². The minimum atomic E-state index is -1.10. The van der Waals surface area contributed by atoms with Crippen LogP contribution in [0, 0.1) is 5.41 Å². The van der Waals surface area contributed by atoms with Crippen molar-refractivity contribution in [1.82, 2.24) is 5.32 Å². The van der Waals surface area contributed by atoms with Crippen molar-refractivity contribution in [1.29, 1.82) is 0 Å². The van der Waals surface area contributed by atoms with Gasteiger partial charge in [-0.25, -0.2) is 9.59 Å². The molecule has 0 atom stereocenters. The average Bonchev–Trinajstić information content (AvgIpc) is 2.35. The zero-order chi connectivity index (χ0) is 16.2. The standard InChI is InChI=1S/C13H16BrN3O4/c1-13(2,11(15)20)6-16-12(21)17-9-4-7(10(18)19)3-8(14)5-9/h3-5H,6H2,1-2H3,(H2,15,20)(H,18,19)(H2,16,17,21). The highest BCUT2D eigenvalue weighted by Gasteiger charge is 2.25. The monoisotopic (exact) mass is 357 g/mol. The normalized spacial score (nSPS) is 10.8. The number of rotatable bonds is 5. The second-order valence-electron chi connectivity index (χ2n) is 5.09. The summed E-state index contributed by atoms with van der Waals surface area (Å²) in [4.78, 5) is 33.8. The quantitative estimate of drug-likeness (QED) is 0.641. The number of hydrogen-bond acceptors (Lipinski definition) is 3. The Labute approximate surface area is 130 Å². The Bertz CT molecular complexity index is 587. The summed E-state index contributed by atoms with van der Waals surface area (Å²) in [6.07, 6.45) is 0. The van der Waals surface area contributed by atoms with Crippen molar-refractivity contribution in [2.24, 2.45) is 11.1 Å². The molecule has 0 saturated carbocycles. The number of carbonyl (C=O) groups excluding carboxylic acids is 2. The summed E-state index contributed by atoms with van der Waals surface area (Å²) >= 11 is 3.16. The highest BCUT2D eigenvalue weighted by molar-refractivity contribution is 9.10. The molecule has 1 aromatic carbocycles. The molecule has 0 aromatic heterocycles. The first-order valence-corrected chi connectivity index (χ1v) is 6.80. The summed E-state index contributed by atoms with van der Waals surface area (Å²) in [6.45, 7) is 3.28. The molecule has 0 saturated heterocycles. The van der Waals surface area contributed by atoms with Gasteiger partial charge in [0.1, 0.15) is 0 Å². The molecule has 21 heavy (non-hydrogen) atoms. The largest absolute Gasteiger partial charge is 0.478 e. The smallest absolute Gasteiger partial charge is 0.335 e. The minimum absolute atomic E-state index is 0.0390. The maximum absolute atomic E-state index is 11.7.